The van der Waals surface area contributed by atoms with Crippen LogP contribution in [0.25, 0.3) is 0 Å². The number of thiophene rings is 1. The molecule has 0 aliphatic rings. The molecule has 1 nitrogen and oxygen atoms in total. The van der Waals surface area contributed by atoms with Crippen LogP contribution in [0, 0.1) is 13.0 Å². The van der Waals surface area contributed by atoms with Gasteiger partial charge in [-0.3, -0.25) is 0 Å². The standard InChI is InChI=1S/C14H8BrF7NS/c1-7-4-10(15)23-11(9(7)5-8-2-3-24-6-8)12(16,13(17,18)19)14(20,21)22/h2-3,6H,5H2,1H3. The summed E-state index contributed by atoms with van der Waals surface area (Å²) in [5, 5.41) is 3.16. The lowest BCUT2D eigenvalue weighted by Gasteiger charge is -2.31. The minimum absolute atomic E-state index is 0.0476. The van der Waals surface area contributed by atoms with Crippen LogP contribution in [-0.2, 0) is 12.1 Å². The van der Waals surface area contributed by atoms with Gasteiger partial charge in [-0.1, -0.05) is 0 Å². The second kappa shape index (κ2) is 6.29. The minimum atomic E-state index is -6.21. The van der Waals surface area contributed by atoms with E-state index < -0.39 is 33.9 Å². The third-order valence-corrected chi connectivity index (χ3v) is 4.42. The maximum atomic E-state index is 14.4. The third-order valence-electron chi connectivity index (χ3n) is 3.31. The van der Waals surface area contributed by atoms with Crippen molar-refractivity contribution in [2.45, 2.75) is 31.4 Å². The van der Waals surface area contributed by atoms with E-state index in [2.05, 4.69) is 27.0 Å². The zero-order chi connectivity index (χ0) is 18.3. The van der Waals surface area contributed by atoms with Gasteiger partial charge < -0.3 is 0 Å². The number of halogens is 8. The van der Waals surface area contributed by atoms with E-state index in [4.69, 9.17) is 0 Å². The van der Waals surface area contributed by atoms with Crippen molar-refractivity contribution in [3.8, 4) is 0 Å². The third kappa shape index (κ3) is 3.30. The Morgan fingerprint density at radius 2 is 1.71 bits per heavy atom. The molecule has 0 saturated heterocycles. The summed E-state index contributed by atoms with van der Waals surface area (Å²) in [6, 6.07) is 4.00. The van der Waals surface area contributed by atoms with Gasteiger partial charge in [-0.25, -0.2) is 9.37 Å². The molecular formula is C14H8BrF7NS. The van der Waals surface area contributed by atoms with Gasteiger partial charge in [0.05, 0.1) is 0 Å². The van der Waals surface area contributed by atoms with Gasteiger partial charge in [0, 0.05) is 12.5 Å². The van der Waals surface area contributed by atoms with Crippen molar-refractivity contribution in [1.82, 2.24) is 4.98 Å². The largest absolute Gasteiger partial charge is 0.437 e. The highest BCUT2D eigenvalue weighted by molar-refractivity contribution is 9.10. The van der Waals surface area contributed by atoms with Crippen LogP contribution >= 0.6 is 27.3 Å². The number of pyridine rings is 1. The molecule has 0 fully saturated rings. The van der Waals surface area contributed by atoms with Crippen LogP contribution in [0.1, 0.15) is 22.4 Å². The Morgan fingerprint density at radius 3 is 2.17 bits per heavy atom. The van der Waals surface area contributed by atoms with E-state index in [1.807, 2.05) is 0 Å². The molecule has 0 aliphatic heterocycles. The normalized spacial score (nSPS) is 13.4. The maximum Gasteiger partial charge on any atom is 0.437 e. The van der Waals surface area contributed by atoms with E-state index in [0.29, 0.717) is 5.56 Å². The summed E-state index contributed by atoms with van der Waals surface area (Å²) < 4.78 is 92.3. The van der Waals surface area contributed by atoms with Crippen LogP contribution in [0.4, 0.5) is 30.7 Å². The van der Waals surface area contributed by atoms with Crippen molar-refractivity contribution >= 4 is 27.3 Å². The molecule has 0 N–H and O–H groups in total. The summed E-state index contributed by atoms with van der Waals surface area (Å²) in [6.07, 6.45) is -12.7. The quantitative estimate of drug-likeness (QED) is 0.433. The van der Waals surface area contributed by atoms with E-state index in [1.54, 1.807) is 10.8 Å². The molecule has 24 heavy (non-hydrogen) atoms. The highest BCUT2D eigenvalue weighted by Gasteiger charge is 2.75. The Balaban J connectivity index is 2.75. The van der Waals surface area contributed by atoms with Crippen LogP contribution in [0.2, 0.25) is 0 Å². The van der Waals surface area contributed by atoms with Crippen molar-refractivity contribution in [3.63, 3.8) is 0 Å². The predicted molar refractivity (Wildman–Crippen MR) is 77.5 cm³/mol. The van der Waals surface area contributed by atoms with E-state index >= 15 is 0 Å². The number of nitrogens with zero attached hydrogens (tertiary/aromatic N) is 1. The second-order valence-electron chi connectivity index (χ2n) is 4.94. The fourth-order valence-corrected chi connectivity index (χ4v) is 3.27. The second-order valence-corrected chi connectivity index (χ2v) is 6.47. The summed E-state index contributed by atoms with van der Waals surface area (Å²) in [4.78, 5) is 3.17. The maximum absolute atomic E-state index is 14.4. The van der Waals surface area contributed by atoms with Gasteiger partial charge >= 0.3 is 18.0 Å². The van der Waals surface area contributed by atoms with Crippen LogP contribution < -0.4 is 0 Å². The SMILES string of the molecule is Cc1[c]c(Br)nc(C(F)(C(F)(F)F)C(F)(F)F)c1Cc1ccsc1. The van der Waals surface area contributed by atoms with Crippen LogP contribution in [-0.4, -0.2) is 17.3 Å². The van der Waals surface area contributed by atoms with Gasteiger partial charge in [-0.2, -0.15) is 37.7 Å². The monoisotopic (exact) mass is 434 g/mol. The average Bonchev–Trinajstić information content (AvgIpc) is 2.91. The van der Waals surface area contributed by atoms with Gasteiger partial charge in [0.25, 0.3) is 0 Å². The van der Waals surface area contributed by atoms with Crippen molar-refractivity contribution in [1.29, 1.82) is 0 Å². The van der Waals surface area contributed by atoms with Crippen molar-refractivity contribution in [2.75, 3.05) is 0 Å². The zero-order valence-electron chi connectivity index (χ0n) is 11.8. The van der Waals surface area contributed by atoms with Crippen molar-refractivity contribution in [3.05, 3.63) is 49.9 Å². The molecular weight excluding hydrogens is 427 g/mol. The average molecular weight is 435 g/mol. The molecule has 0 aliphatic carbocycles. The van der Waals surface area contributed by atoms with Gasteiger partial charge in [0.1, 0.15) is 10.3 Å². The van der Waals surface area contributed by atoms with Crippen molar-refractivity contribution in [2.24, 2.45) is 0 Å². The van der Waals surface area contributed by atoms with Gasteiger partial charge in [0.2, 0.25) is 0 Å². The number of aryl methyl sites for hydroxylation is 1. The molecule has 131 valence electrons. The Bertz CT molecular complexity index is 708. The van der Waals surface area contributed by atoms with Crippen LogP contribution in [0.15, 0.2) is 21.4 Å². The van der Waals surface area contributed by atoms with Gasteiger partial charge in [-0.05, 0) is 56.4 Å². The summed E-state index contributed by atoms with van der Waals surface area (Å²) in [6.45, 7) is 1.25. The highest BCUT2D eigenvalue weighted by Crippen LogP contribution is 2.54. The first-order chi connectivity index (χ1) is 10.9. The van der Waals surface area contributed by atoms with Crippen molar-refractivity contribution < 1.29 is 30.7 Å². The molecule has 0 unspecified atom stereocenters. The van der Waals surface area contributed by atoms with Gasteiger partial charge in [-0.15, -0.1) is 0 Å². The summed E-state index contributed by atoms with van der Waals surface area (Å²) in [5.41, 5.74) is -7.37. The van der Waals surface area contributed by atoms with Crippen LogP contribution in [0.3, 0.4) is 0 Å². The first kappa shape index (κ1) is 19.2. The smallest absolute Gasteiger partial charge is 0.241 e. The fourth-order valence-electron chi connectivity index (χ4n) is 2.13. The Hall–Kier alpha value is -1.16. The lowest BCUT2D eigenvalue weighted by atomic mass is 9.90. The molecule has 1 radical (unpaired) electrons. The molecule has 0 aromatic carbocycles. The molecule has 0 bridgehead atoms. The van der Waals surface area contributed by atoms with E-state index in [-0.39, 0.29) is 12.0 Å². The summed E-state index contributed by atoms with van der Waals surface area (Å²) in [7, 11) is 0. The van der Waals surface area contributed by atoms with Gasteiger partial charge in [0.15, 0.2) is 0 Å². The molecule has 2 heterocycles. The molecule has 10 heteroatoms. The first-order valence-electron chi connectivity index (χ1n) is 6.30. The molecule has 2 aromatic heterocycles. The predicted octanol–water partition coefficient (Wildman–Crippen LogP) is 5.89. The number of aromatic nitrogens is 1. The Kier molecular flexibility index (Phi) is 5.02. The Labute approximate surface area is 144 Å². The lowest BCUT2D eigenvalue weighted by molar-refractivity contribution is -0.350. The van der Waals surface area contributed by atoms with E-state index in [0.717, 1.165) is 0 Å². The highest BCUT2D eigenvalue weighted by atomic mass is 79.9. The number of hydrogen-bond donors (Lipinski definition) is 0. The zero-order valence-corrected chi connectivity index (χ0v) is 14.2. The number of alkyl halides is 7. The minimum Gasteiger partial charge on any atom is -0.241 e. The fraction of sp³-hybridized carbons (Fsp3) is 0.357. The summed E-state index contributed by atoms with van der Waals surface area (Å²) in [5.74, 6) is 0. The topological polar surface area (TPSA) is 12.9 Å². The molecule has 0 saturated carbocycles. The van der Waals surface area contributed by atoms with E-state index in [1.165, 1.54) is 24.3 Å². The first-order valence-corrected chi connectivity index (χ1v) is 8.03. The lowest BCUT2D eigenvalue weighted by Crippen LogP contribution is -2.51. The molecule has 2 rings (SSSR count). The molecule has 0 atom stereocenters. The van der Waals surface area contributed by atoms with Crippen LogP contribution in [0.5, 0.6) is 0 Å². The number of rotatable bonds is 3. The molecule has 2 aromatic rings. The molecule has 0 amide bonds. The van der Waals surface area contributed by atoms with E-state index in [9.17, 15) is 30.7 Å². The number of hydrogen-bond acceptors (Lipinski definition) is 2. The summed E-state index contributed by atoms with van der Waals surface area (Å²) >= 11 is 3.90. The Morgan fingerprint density at radius 1 is 1.12 bits per heavy atom. The molecule has 0 spiro atoms.